The van der Waals surface area contributed by atoms with Gasteiger partial charge in [0.25, 0.3) is 5.56 Å². The third kappa shape index (κ3) is 4.78. The lowest BCUT2D eigenvalue weighted by atomic mass is 10.1. The molecule has 0 bridgehead atoms. The average Bonchev–Trinajstić information content (AvgIpc) is 2.74. The number of aliphatic hydroxyl groups excluding tert-OH is 1. The molecule has 0 aliphatic rings. The van der Waals surface area contributed by atoms with Crippen LogP contribution < -0.4 is 10.9 Å². The van der Waals surface area contributed by atoms with Gasteiger partial charge in [-0.25, -0.2) is 4.98 Å². The zero-order chi connectivity index (χ0) is 20.8. The third-order valence-electron chi connectivity index (χ3n) is 4.84. The van der Waals surface area contributed by atoms with Gasteiger partial charge in [0.1, 0.15) is 12.4 Å². The molecule has 0 saturated carbocycles. The Kier molecular flexibility index (Phi) is 6.57. The Morgan fingerprint density at radius 3 is 2.34 bits per heavy atom. The molecule has 6 nitrogen and oxygen atoms in total. The summed E-state index contributed by atoms with van der Waals surface area (Å²) in [5.41, 5.74) is 2.44. The number of nitrogens with zero attached hydrogens (tertiary/aromatic N) is 2. The van der Waals surface area contributed by atoms with Crippen molar-refractivity contribution in [2.45, 2.75) is 32.9 Å². The lowest BCUT2D eigenvalue weighted by molar-refractivity contribution is -0.122. The van der Waals surface area contributed by atoms with Crippen LogP contribution in [0.25, 0.3) is 11.4 Å². The number of aliphatic hydroxyl groups is 1. The van der Waals surface area contributed by atoms with E-state index >= 15 is 0 Å². The van der Waals surface area contributed by atoms with Crippen molar-refractivity contribution in [1.29, 1.82) is 0 Å². The Labute approximate surface area is 169 Å². The van der Waals surface area contributed by atoms with E-state index in [1.807, 2.05) is 67.6 Å². The molecule has 0 unspecified atom stereocenters. The lowest BCUT2D eigenvalue weighted by Crippen LogP contribution is -2.36. The van der Waals surface area contributed by atoms with Gasteiger partial charge in [-0.1, -0.05) is 60.7 Å². The fourth-order valence-corrected chi connectivity index (χ4v) is 3.31. The molecule has 29 heavy (non-hydrogen) atoms. The van der Waals surface area contributed by atoms with E-state index in [1.54, 1.807) is 6.92 Å². The zero-order valence-electron chi connectivity index (χ0n) is 16.6. The number of amides is 1. The summed E-state index contributed by atoms with van der Waals surface area (Å²) in [6, 6.07) is 18.8. The quantitative estimate of drug-likeness (QED) is 0.648. The van der Waals surface area contributed by atoms with Crippen LogP contribution in [-0.4, -0.2) is 27.2 Å². The van der Waals surface area contributed by atoms with Crippen molar-refractivity contribution < 1.29 is 9.90 Å². The number of rotatable bonds is 7. The second-order valence-electron chi connectivity index (χ2n) is 6.93. The highest BCUT2D eigenvalue weighted by Gasteiger charge is 2.18. The highest BCUT2D eigenvalue weighted by Crippen LogP contribution is 2.18. The minimum atomic E-state index is -0.298. The molecule has 1 aromatic heterocycles. The molecule has 2 N–H and O–H groups in total. The van der Waals surface area contributed by atoms with Gasteiger partial charge in [0.05, 0.1) is 6.04 Å². The zero-order valence-corrected chi connectivity index (χ0v) is 16.6. The van der Waals surface area contributed by atoms with Gasteiger partial charge in [0.15, 0.2) is 0 Å². The molecular weight excluding hydrogens is 366 g/mol. The van der Waals surface area contributed by atoms with E-state index in [4.69, 9.17) is 0 Å². The number of hydrogen-bond donors (Lipinski definition) is 2. The van der Waals surface area contributed by atoms with Crippen molar-refractivity contribution in [3.8, 4) is 11.4 Å². The van der Waals surface area contributed by atoms with Crippen LogP contribution >= 0.6 is 0 Å². The van der Waals surface area contributed by atoms with Gasteiger partial charge in [-0.15, -0.1) is 0 Å². The summed E-state index contributed by atoms with van der Waals surface area (Å²) < 4.78 is 1.39. The van der Waals surface area contributed by atoms with E-state index in [1.165, 1.54) is 4.57 Å². The first-order chi connectivity index (χ1) is 14.0. The van der Waals surface area contributed by atoms with Gasteiger partial charge in [0.2, 0.25) is 5.91 Å². The standard InChI is InChI=1S/C23H25N3O3/c1-16(18-9-5-3-6-10-18)24-21(28)15-26-22(19-11-7-4-8-12-19)25-17(2)20(13-14-27)23(26)29/h3-12,16,27H,13-15H2,1-2H3,(H,24,28)/t16-/m1/s1. The van der Waals surface area contributed by atoms with Crippen molar-refractivity contribution in [1.82, 2.24) is 14.9 Å². The Bertz CT molecular complexity index is 1030. The van der Waals surface area contributed by atoms with Crippen LogP contribution in [0.15, 0.2) is 65.5 Å². The molecule has 1 heterocycles. The van der Waals surface area contributed by atoms with Crippen LogP contribution in [0, 0.1) is 6.92 Å². The van der Waals surface area contributed by atoms with Crippen LogP contribution in [0.2, 0.25) is 0 Å². The van der Waals surface area contributed by atoms with Crippen LogP contribution in [0.5, 0.6) is 0 Å². The normalized spacial score (nSPS) is 11.8. The molecule has 0 aliphatic heterocycles. The predicted molar refractivity (Wildman–Crippen MR) is 112 cm³/mol. The highest BCUT2D eigenvalue weighted by molar-refractivity contribution is 5.77. The number of hydrogen-bond acceptors (Lipinski definition) is 4. The summed E-state index contributed by atoms with van der Waals surface area (Å²) in [4.78, 5) is 30.4. The predicted octanol–water partition coefficient (Wildman–Crippen LogP) is 2.63. The Hall–Kier alpha value is -3.25. The minimum Gasteiger partial charge on any atom is -0.396 e. The van der Waals surface area contributed by atoms with E-state index in [2.05, 4.69) is 10.3 Å². The fourth-order valence-electron chi connectivity index (χ4n) is 3.31. The summed E-state index contributed by atoms with van der Waals surface area (Å²) >= 11 is 0. The summed E-state index contributed by atoms with van der Waals surface area (Å²) in [7, 11) is 0. The molecule has 0 fully saturated rings. The monoisotopic (exact) mass is 391 g/mol. The number of carbonyl (C=O) groups excluding carboxylic acids is 1. The summed E-state index contributed by atoms with van der Waals surface area (Å²) in [5.74, 6) is 0.165. The maximum absolute atomic E-state index is 13.1. The molecule has 150 valence electrons. The van der Waals surface area contributed by atoms with E-state index < -0.39 is 0 Å². The minimum absolute atomic E-state index is 0.147. The maximum atomic E-state index is 13.1. The molecule has 0 spiro atoms. The van der Waals surface area contributed by atoms with Gasteiger partial charge in [0, 0.05) is 29.8 Å². The van der Waals surface area contributed by atoms with Gasteiger partial charge >= 0.3 is 0 Å². The summed E-state index contributed by atoms with van der Waals surface area (Å²) in [6.07, 6.45) is 0.203. The van der Waals surface area contributed by atoms with Crippen molar-refractivity contribution in [2.24, 2.45) is 0 Å². The maximum Gasteiger partial charge on any atom is 0.257 e. The van der Waals surface area contributed by atoms with Gasteiger partial charge in [-0.2, -0.15) is 0 Å². The van der Waals surface area contributed by atoms with E-state index in [-0.39, 0.29) is 37.1 Å². The van der Waals surface area contributed by atoms with Crippen molar-refractivity contribution in [3.05, 3.63) is 87.8 Å². The smallest absolute Gasteiger partial charge is 0.257 e. The SMILES string of the molecule is Cc1nc(-c2ccccc2)n(CC(=O)N[C@H](C)c2ccccc2)c(=O)c1CCO. The summed E-state index contributed by atoms with van der Waals surface area (Å²) in [6.45, 7) is 3.35. The van der Waals surface area contributed by atoms with E-state index in [9.17, 15) is 14.7 Å². The Morgan fingerprint density at radius 2 is 1.72 bits per heavy atom. The molecule has 0 radical (unpaired) electrons. The van der Waals surface area contributed by atoms with E-state index in [0.717, 1.165) is 11.1 Å². The van der Waals surface area contributed by atoms with Crippen molar-refractivity contribution >= 4 is 5.91 Å². The average molecular weight is 391 g/mol. The number of aryl methyl sites for hydroxylation is 1. The Morgan fingerprint density at radius 1 is 1.10 bits per heavy atom. The molecule has 1 atom stereocenters. The second-order valence-corrected chi connectivity index (χ2v) is 6.93. The van der Waals surface area contributed by atoms with Gasteiger partial charge < -0.3 is 10.4 Å². The van der Waals surface area contributed by atoms with Gasteiger partial charge in [-0.05, 0) is 19.4 Å². The number of benzene rings is 2. The van der Waals surface area contributed by atoms with Crippen LogP contribution in [-0.2, 0) is 17.8 Å². The number of nitrogens with one attached hydrogen (secondary N) is 1. The largest absolute Gasteiger partial charge is 0.396 e. The third-order valence-corrected chi connectivity index (χ3v) is 4.84. The molecule has 3 aromatic rings. The summed E-state index contributed by atoms with van der Waals surface area (Å²) in [5, 5.41) is 12.3. The molecule has 0 aliphatic carbocycles. The van der Waals surface area contributed by atoms with Crippen LogP contribution in [0.4, 0.5) is 0 Å². The molecule has 3 rings (SSSR count). The molecule has 6 heteroatoms. The van der Waals surface area contributed by atoms with Crippen molar-refractivity contribution in [2.75, 3.05) is 6.61 Å². The first-order valence-corrected chi connectivity index (χ1v) is 9.62. The van der Waals surface area contributed by atoms with Gasteiger partial charge in [-0.3, -0.25) is 14.2 Å². The number of aromatic nitrogens is 2. The Balaban J connectivity index is 1.95. The molecular formula is C23H25N3O3. The topological polar surface area (TPSA) is 84.2 Å². The van der Waals surface area contributed by atoms with Crippen LogP contribution in [0.3, 0.4) is 0 Å². The first kappa shape index (κ1) is 20.5. The number of carbonyl (C=O) groups is 1. The van der Waals surface area contributed by atoms with Crippen molar-refractivity contribution in [3.63, 3.8) is 0 Å². The first-order valence-electron chi connectivity index (χ1n) is 9.62. The molecule has 2 aromatic carbocycles. The fraction of sp³-hybridized carbons (Fsp3) is 0.261. The van der Waals surface area contributed by atoms with Crippen LogP contribution in [0.1, 0.15) is 29.8 Å². The van der Waals surface area contributed by atoms with E-state index in [0.29, 0.717) is 17.1 Å². The lowest BCUT2D eigenvalue weighted by Gasteiger charge is -2.18. The molecule has 1 amide bonds. The highest BCUT2D eigenvalue weighted by atomic mass is 16.3. The molecule has 0 saturated heterocycles. The second kappa shape index (κ2) is 9.30.